The Labute approximate surface area is 119 Å². The molecule has 2 nitrogen and oxygen atoms in total. The highest BCUT2D eigenvalue weighted by Crippen LogP contribution is 2.24. The summed E-state index contributed by atoms with van der Waals surface area (Å²) in [5.41, 5.74) is 6.50. The van der Waals surface area contributed by atoms with Crippen LogP contribution in [0, 0.1) is 13.8 Å². The predicted molar refractivity (Wildman–Crippen MR) is 82.6 cm³/mol. The molecule has 0 aliphatic carbocycles. The molecule has 2 rings (SSSR count). The maximum Gasteiger partial charge on any atom is 0.328 e. The van der Waals surface area contributed by atoms with Crippen LogP contribution in [-0.2, 0) is 4.79 Å². The lowest BCUT2D eigenvalue weighted by molar-refractivity contribution is -0.131. The Bertz CT molecular complexity index is 644. The first-order valence-corrected chi connectivity index (χ1v) is 6.56. The number of carbonyl (C=O) groups is 1. The number of hydrogen-bond acceptors (Lipinski definition) is 1. The highest BCUT2D eigenvalue weighted by molar-refractivity contribution is 5.89. The van der Waals surface area contributed by atoms with Crippen molar-refractivity contribution < 1.29 is 9.90 Å². The van der Waals surface area contributed by atoms with Crippen LogP contribution in [-0.4, -0.2) is 11.1 Å². The Morgan fingerprint density at radius 3 is 2.00 bits per heavy atom. The standard InChI is InChI=1S/C18H18O2/c1-12-8-13(2)10-17(9-12)16-6-4-15(5-7-16)14(3)11-18(19)20/h4-11H,1-3H3,(H,19,20)/b14-11+. The first kappa shape index (κ1) is 14.1. The average molecular weight is 266 g/mol. The largest absolute Gasteiger partial charge is 0.478 e. The third-order valence-electron chi connectivity index (χ3n) is 3.24. The summed E-state index contributed by atoms with van der Waals surface area (Å²) in [6.45, 7) is 5.98. The van der Waals surface area contributed by atoms with Crippen molar-refractivity contribution >= 4 is 11.5 Å². The van der Waals surface area contributed by atoms with Gasteiger partial charge in [0.2, 0.25) is 0 Å². The second-order valence-corrected chi connectivity index (χ2v) is 5.12. The van der Waals surface area contributed by atoms with E-state index in [0.717, 1.165) is 16.7 Å². The molecule has 102 valence electrons. The van der Waals surface area contributed by atoms with Crippen molar-refractivity contribution in [3.63, 3.8) is 0 Å². The van der Waals surface area contributed by atoms with Gasteiger partial charge in [-0.25, -0.2) is 4.79 Å². The van der Waals surface area contributed by atoms with E-state index in [9.17, 15) is 4.79 Å². The Balaban J connectivity index is 2.35. The van der Waals surface area contributed by atoms with E-state index >= 15 is 0 Å². The molecule has 0 saturated heterocycles. The van der Waals surface area contributed by atoms with Crippen molar-refractivity contribution in [2.45, 2.75) is 20.8 Å². The highest BCUT2D eigenvalue weighted by Gasteiger charge is 2.02. The summed E-state index contributed by atoms with van der Waals surface area (Å²) < 4.78 is 0. The van der Waals surface area contributed by atoms with Crippen molar-refractivity contribution in [1.82, 2.24) is 0 Å². The fraction of sp³-hybridized carbons (Fsp3) is 0.167. The van der Waals surface area contributed by atoms with Crippen LogP contribution in [0.15, 0.2) is 48.5 Å². The highest BCUT2D eigenvalue weighted by atomic mass is 16.4. The zero-order chi connectivity index (χ0) is 14.7. The van der Waals surface area contributed by atoms with Crippen molar-refractivity contribution in [1.29, 1.82) is 0 Å². The third kappa shape index (κ3) is 3.35. The fourth-order valence-electron chi connectivity index (χ4n) is 2.34. The molecule has 1 N–H and O–H groups in total. The predicted octanol–water partition coefficient (Wildman–Crippen LogP) is 4.46. The van der Waals surface area contributed by atoms with E-state index in [1.165, 1.54) is 22.8 Å². The van der Waals surface area contributed by atoms with Gasteiger partial charge in [0.25, 0.3) is 0 Å². The van der Waals surface area contributed by atoms with Gasteiger partial charge in [-0.2, -0.15) is 0 Å². The second kappa shape index (κ2) is 5.74. The van der Waals surface area contributed by atoms with E-state index in [4.69, 9.17) is 5.11 Å². The normalized spacial score (nSPS) is 11.4. The lowest BCUT2D eigenvalue weighted by Crippen LogP contribution is -1.90. The van der Waals surface area contributed by atoms with Crippen molar-refractivity contribution in [3.05, 3.63) is 65.2 Å². The smallest absolute Gasteiger partial charge is 0.328 e. The van der Waals surface area contributed by atoms with Crippen LogP contribution >= 0.6 is 0 Å². The van der Waals surface area contributed by atoms with E-state index < -0.39 is 5.97 Å². The third-order valence-corrected chi connectivity index (χ3v) is 3.24. The van der Waals surface area contributed by atoms with Crippen molar-refractivity contribution in [2.24, 2.45) is 0 Å². The molecule has 0 radical (unpaired) electrons. The zero-order valence-electron chi connectivity index (χ0n) is 12.0. The number of hydrogen-bond donors (Lipinski definition) is 1. The molecule has 0 aliphatic rings. The number of carboxylic acids is 1. The van der Waals surface area contributed by atoms with Crippen LogP contribution in [0.4, 0.5) is 0 Å². The Kier molecular flexibility index (Phi) is 4.04. The van der Waals surface area contributed by atoms with Gasteiger partial charge in [-0.1, -0.05) is 53.6 Å². The van der Waals surface area contributed by atoms with E-state index in [2.05, 4.69) is 32.0 Å². The summed E-state index contributed by atoms with van der Waals surface area (Å²) in [4.78, 5) is 10.7. The van der Waals surface area contributed by atoms with E-state index in [-0.39, 0.29) is 0 Å². The van der Waals surface area contributed by atoms with Crippen molar-refractivity contribution in [3.8, 4) is 11.1 Å². The van der Waals surface area contributed by atoms with Gasteiger partial charge in [0.1, 0.15) is 0 Å². The molecule has 0 saturated carbocycles. The van der Waals surface area contributed by atoms with E-state index in [1.54, 1.807) is 6.92 Å². The maximum atomic E-state index is 10.7. The summed E-state index contributed by atoms with van der Waals surface area (Å²) in [6, 6.07) is 14.4. The van der Waals surface area contributed by atoms with Gasteiger partial charge < -0.3 is 5.11 Å². The quantitative estimate of drug-likeness (QED) is 0.833. The Morgan fingerprint density at radius 1 is 0.950 bits per heavy atom. The van der Waals surface area contributed by atoms with Gasteiger partial charge in [0.15, 0.2) is 0 Å². The summed E-state index contributed by atoms with van der Waals surface area (Å²) in [7, 11) is 0. The van der Waals surface area contributed by atoms with Crippen LogP contribution in [0.1, 0.15) is 23.6 Å². The lowest BCUT2D eigenvalue weighted by atomic mass is 9.98. The van der Waals surface area contributed by atoms with Crippen LogP contribution < -0.4 is 0 Å². The van der Waals surface area contributed by atoms with Crippen LogP contribution in [0.5, 0.6) is 0 Å². The van der Waals surface area contributed by atoms with E-state index in [1.807, 2.05) is 24.3 Å². The molecule has 0 bridgehead atoms. The Morgan fingerprint density at radius 2 is 1.50 bits per heavy atom. The number of aryl methyl sites for hydroxylation is 2. The molecule has 0 amide bonds. The van der Waals surface area contributed by atoms with Gasteiger partial charge in [-0.3, -0.25) is 0 Å². The van der Waals surface area contributed by atoms with Crippen LogP contribution in [0.3, 0.4) is 0 Å². The molecule has 20 heavy (non-hydrogen) atoms. The van der Waals surface area contributed by atoms with Gasteiger partial charge >= 0.3 is 5.97 Å². The molecule has 0 spiro atoms. The summed E-state index contributed by atoms with van der Waals surface area (Å²) in [5, 5.41) is 8.76. The summed E-state index contributed by atoms with van der Waals surface area (Å²) >= 11 is 0. The number of benzene rings is 2. The van der Waals surface area contributed by atoms with E-state index in [0.29, 0.717) is 0 Å². The zero-order valence-corrected chi connectivity index (χ0v) is 12.0. The molecule has 2 aromatic rings. The molecule has 0 aromatic heterocycles. The van der Waals surface area contributed by atoms with Gasteiger partial charge in [0.05, 0.1) is 0 Å². The van der Waals surface area contributed by atoms with Crippen LogP contribution in [0.25, 0.3) is 16.7 Å². The van der Waals surface area contributed by atoms with Gasteiger partial charge in [-0.05, 0) is 43.0 Å². The van der Waals surface area contributed by atoms with Gasteiger partial charge in [-0.15, -0.1) is 0 Å². The number of allylic oxidation sites excluding steroid dienone is 1. The molecule has 2 heteroatoms. The summed E-state index contributed by atoms with van der Waals surface area (Å²) in [6.07, 6.45) is 1.23. The minimum atomic E-state index is -0.916. The molecule has 0 fully saturated rings. The Hall–Kier alpha value is -2.35. The molecule has 0 heterocycles. The maximum absolute atomic E-state index is 10.7. The lowest BCUT2D eigenvalue weighted by Gasteiger charge is -2.07. The monoisotopic (exact) mass is 266 g/mol. The second-order valence-electron chi connectivity index (χ2n) is 5.12. The van der Waals surface area contributed by atoms with Gasteiger partial charge in [0, 0.05) is 6.08 Å². The molecule has 0 atom stereocenters. The molecule has 2 aromatic carbocycles. The SMILES string of the molecule is C/C(=C\C(=O)O)c1ccc(-c2cc(C)cc(C)c2)cc1. The first-order chi connectivity index (χ1) is 9.45. The molecular formula is C18H18O2. The van der Waals surface area contributed by atoms with Crippen molar-refractivity contribution in [2.75, 3.05) is 0 Å². The molecule has 0 aliphatic heterocycles. The number of carboxylic acid groups (broad SMARTS) is 1. The molecule has 0 unspecified atom stereocenters. The topological polar surface area (TPSA) is 37.3 Å². The number of rotatable bonds is 3. The summed E-state index contributed by atoms with van der Waals surface area (Å²) in [5.74, 6) is -0.916. The first-order valence-electron chi connectivity index (χ1n) is 6.56. The molecular weight excluding hydrogens is 248 g/mol. The van der Waals surface area contributed by atoms with Crippen LogP contribution in [0.2, 0.25) is 0 Å². The number of aliphatic carboxylic acids is 1. The minimum Gasteiger partial charge on any atom is -0.478 e. The fourth-order valence-corrected chi connectivity index (χ4v) is 2.34. The average Bonchev–Trinajstić information content (AvgIpc) is 2.37. The minimum absolute atomic E-state index is 0.754.